The quantitative estimate of drug-likeness (QED) is 0.848. The summed E-state index contributed by atoms with van der Waals surface area (Å²) < 4.78 is 11.2. The Morgan fingerprint density at radius 3 is 2.71 bits per heavy atom. The smallest absolute Gasteiger partial charge is 0.240 e. The van der Waals surface area contributed by atoms with Crippen LogP contribution in [0.25, 0.3) is 0 Å². The molecule has 0 atom stereocenters. The standard InChI is InChI=1S/C16H21N3O2/c1-12(2)11-21-16-14(17)6-7-15(19-16)20-10-8-13-5-3-4-9-18-13/h3-7,9,12H,8,10-11,17H2,1-2H3. The fourth-order valence-corrected chi connectivity index (χ4v) is 1.68. The van der Waals surface area contributed by atoms with Gasteiger partial charge in [-0.05, 0) is 24.1 Å². The first kappa shape index (κ1) is 15.1. The molecule has 0 bridgehead atoms. The Hall–Kier alpha value is -2.30. The highest BCUT2D eigenvalue weighted by Crippen LogP contribution is 2.22. The van der Waals surface area contributed by atoms with Crippen LogP contribution in [0.4, 0.5) is 5.69 Å². The van der Waals surface area contributed by atoms with Gasteiger partial charge in [-0.15, -0.1) is 0 Å². The number of nitrogens with two attached hydrogens (primary N) is 1. The number of nitrogen functional groups attached to an aromatic ring is 1. The van der Waals surface area contributed by atoms with Crippen molar-refractivity contribution in [2.24, 2.45) is 5.92 Å². The van der Waals surface area contributed by atoms with Crippen molar-refractivity contribution in [2.45, 2.75) is 20.3 Å². The van der Waals surface area contributed by atoms with Gasteiger partial charge in [-0.3, -0.25) is 4.98 Å². The SMILES string of the molecule is CC(C)COc1nc(OCCc2ccccn2)ccc1N. The van der Waals surface area contributed by atoms with E-state index in [2.05, 4.69) is 23.8 Å². The van der Waals surface area contributed by atoms with Crippen LogP contribution in [0.5, 0.6) is 11.8 Å². The molecule has 5 nitrogen and oxygen atoms in total. The molecule has 0 amide bonds. The van der Waals surface area contributed by atoms with Gasteiger partial charge in [0.25, 0.3) is 0 Å². The molecule has 112 valence electrons. The summed E-state index contributed by atoms with van der Waals surface area (Å²) in [6.07, 6.45) is 2.50. The second kappa shape index (κ2) is 7.47. The highest BCUT2D eigenvalue weighted by atomic mass is 16.5. The number of nitrogens with zero attached hydrogens (tertiary/aromatic N) is 2. The first-order valence-electron chi connectivity index (χ1n) is 7.07. The van der Waals surface area contributed by atoms with E-state index >= 15 is 0 Å². The number of pyridine rings is 2. The molecule has 2 aromatic heterocycles. The molecule has 0 aliphatic carbocycles. The molecule has 2 rings (SSSR count). The van der Waals surface area contributed by atoms with Crippen LogP contribution in [0.3, 0.4) is 0 Å². The third kappa shape index (κ3) is 4.95. The van der Waals surface area contributed by atoms with Crippen molar-refractivity contribution in [3.05, 3.63) is 42.2 Å². The molecule has 0 aliphatic rings. The van der Waals surface area contributed by atoms with E-state index in [0.717, 1.165) is 12.1 Å². The summed E-state index contributed by atoms with van der Waals surface area (Å²) in [5, 5.41) is 0. The Morgan fingerprint density at radius 2 is 2.00 bits per heavy atom. The van der Waals surface area contributed by atoms with E-state index in [1.54, 1.807) is 18.3 Å². The number of hydrogen-bond donors (Lipinski definition) is 1. The molecule has 0 saturated carbocycles. The number of ether oxygens (including phenoxy) is 2. The monoisotopic (exact) mass is 287 g/mol. The van der Waals surface area contributed by atoms with E-state index in [0.29, 0.717) is 36.6 Å². The zero-order valence-corrected chi connectivity index (χ0v) is 12.5. The molecule has 2 heterocycles. The summed E-state index contributed by atoms with van der Waals surface area (Å²) in [6, 6.07) is 9.32. The van der Waals surface area contributed by atoms with Crippen molar-refractivity contribution in [3.8, 4) is 11.8 Å². The molecule has 0 spiro atoms. The van der Waals surface area contributed by atoms with E-state index in [4.69, 9.17) is 15.2 Å². The number of aromatic nitrogens is 2. The predicted molar refractivity (Wildman–Crippen MR) is 82.4 cm³/mol. The molecule has 2 N–H and O–H groups in total. The summed E-state index contributed by atoms with van der Waals surface area (Å²) in [4.78, 5) is 8.53. The molecular formula is C16H21N3O2. The van der Waals surface area contributed by atoms with Gasteiger partial charge in [0.05, 0.1) is 18.9 Å². The van der Waals surface area contributed by atoms with E-state index in [1.165, 1.54) is 0 Å². The lowest BCUT2D eigenvalue weighted by Crippen LogP contribution is -2.09. The fourth-order valence-electron chi connectivity index (χ4n) is 1.68. The molecule has 0 saturated heterocycles. The number of rotatable bonds is 7. The van der Waals surface area contributed by atoms with Gasteiger partial charge in [-0.2, -0.15) is 4.98 Å². The Morgan fingerprint density at radius 1 is 1.14 bits per heavy atom. The van der Waals surface area contributed by atoms with Crippen LogP contribution in [0.1, 0.15) is 19.5 Å². The number of hydrogen-bond acceptors (Lipinski definition) is 5. The molecule has 0 aliphatic heterocycles. The summed E-state index contributed by atoms with van der Waals surface area (Å²) in [5.74, 6) is 1.36. The van der Waals surface area contributed by atoms with Crippen LogP contribution in [-0.2, 0) is 6.42 Å². The number of anilines is 1. The lowest BCUT2D eigenvalue weighted by Gasteiger charge is -2.11. The average Bonchev–Trinajstić information content (AvgIpc) is 2.48. The van der Waals surface area contributed by atoms with Crippen molar-refractivity contribution in [1.82, 2.24) is 9.97 Å². The lowest BCUT2D eigenvalue weighted by atomic mass is 10.2. The normalized spacial score (nSPS) is 10.6. The zero-order valence-electron chi connectivity index (χ0n) is 12.5. The van der Waals surface area contributed by atoms with Gasteiger partial charge in [0.2, 0.25) is 11.8 Å². The highest BCUT2D eigenvalue weighted by molar-refractivity contribution is 5.49. The third-order valence-corrected chi connectivity index (χ3v) is 2.75. The van der Waals surface area contributed by atoms with Gasteiger partial charge in [-0.1, -0.05) is 19.9 Å². The summed E-state index contributed by atoms with van der Waals surface area (Å²) in [6.45, 7) is 5.24. The summed E-state index contributed by atoms with van der Waals surface area (Å²) >= 11 is 0. The van der Waals surface area contributed by atoms with Crippen LogP contribution in [0.15, 0.2) is 36.5 Å². The van der Waals surface area contributed by atoms with Crippen LogP contribution < -0.4 is 15.2 Å². The van der Waals surface area contributed by atoms with E-state index < -0.39 is 0 Å². The van der Waals surface area contributed by atoms with Gasteiger partial charge in [0, 0.05) is 24.4 Å². The molecule has 0 fully saturated rings. The van der Waals surface area contributed by atoms with Crippen molar-refractivity contribution in [2.75, 3.05) is 18.9 Å². The molecule has 5 heteroatoms. The minimum atomic E-state index is 0.417. The maximum atomic E-state index is 5.84. The maximum Gasteiger partial charge on any atom is 0.240 e. The van der Waals surface area contributed by atoms with Crippen molar-refractivity contribution < 1.29 is 9.47 Å². The van der Waals surface area contributed by atoms with Gasteiger partial charge in [0.15, 0.2) is 0 Å². The lowest BCUT2D eigenvalue weighted by molar-refractivity contribution is 0.253. The van der Waals surface area contributed by atoms with E-state index in [9.17, 15) is 0 Å². The average molecular weight is 287 g/mol. The molecule has 2 aromatic rings. The Balaban J connectivity index is 1.89. The highest BCUT2D eigenvalue weighted by Gasteiger charge is 2.06. The largest absolute Gasteiger partial charge is 0.477 e. The minimum Gasteiger partial charge on any atom is -0.477 e. The molecule has 21 heavy (non-hydrogen) atoms. The minimum absolute atomic E-state index is 0.417. The van der Waals surface area contributed by atoms with Gasteiger partial charge in [-0.25, -0.2) is 0 Å². The molecule has 0 aromatic carbocycles. The maximum absolute atomic E-state index is 5.84. The van der Waals surface area contributed by atoms with Crippen LogP contribution in [0, 0.1) is 5.92 Å². The van der Waals surface area contributed by atoms with Crippen LogP contribution >= 0.6 is 0 Å². The first-order valence-corrected chi connectivity index (χ1v) is 7.07. The van der Waals surface area contributed by atoms with Crippen molar-refractivity contribution in [1.29, 1.82) is 0 Å². The topological polar surface area (TPSA) is 70.3 Å². The van der Waals surface area contributed by atoms with Crippen LogP contribution in [0.2, 0.25) is 0 Å². The zero-order chi connectivity index (χ0) is 15.1. The Bertz CT molecular complexity index is 559. The second-order valence-corrected chi connectivity index (χ2v) is 5.17. The Kier molecular flexibility index (Phi) is 5.37. The van der Waals surface area contributed by atoms with Crippen molar-refractivity contribution in [3.63, 3.8) is 0 Å². The molecule has 0 radical (unpaired) electrons. The molecular weight excluding hydrogens is 266 g/mol. The molecule has 0 unspecified atom stereocenters. The van der Waals surface area contributed by atoms with Gasteiger partial charge >= 0.3 is 0 Å². The van der Waals surface area contributed by atoms with E-state index in [-0.39, 0.29) is 0 Å². The third-order valence-electron chi connectivity index (χ3n) is 2.75. The predicted octanol–water partition coefficient (Wildman–Crippen LogP) is 2.72. The first-order chi connectivity index (χ1) is 10.1. The van der Waals surface area contributed by atoms with E-state index in [1.807, 2.05) is 18.2 Å². The second-order valence-electron chi connectivity index (χ2n) is 5.17. The van der Waals surface area contributed by atoms with Crippen molar-refractivity contribution >= 4 is 5.69 Å². The Labute approximate surface area is 125 Å². The van der Waals surface area contributed by atoms with Gasteiger partial charge in [0.1, 0.15) is 0 Å². The van der Waals surface area contributed by atoms with Gasteiger partial charge < -0.3 is 15.2 Å². The summed E-state index contributed by atoms with van der Waals surface area (Å²) in [7, 11) is 0. The van der Waals surface area contributed by atoms with Crippen LogP contribution in [-0.4, -0.2) is 23.2 Å². The fraction of sp³-hybridized carbons (Fsp3) is 0.375. The summed E-state index contributed by atoms with van der Waals surface area (Å²) in [5.41, 5.74) is 7.35.